The standard InChI is InChI=1S/C14H18N2O3/c1-11(12-5-6-18-10-12)16-13-3-4-14(15-9-13)19-8-7-17-2/h3-6,9-11,16H,7-8H2,1-2H3. The third-order valence-corrected chi connectivity index (χ3v) is 2.70. The molecule has 0 saturated carbocycles. The highest BCUT2D eigenvalue weighted by Crippen LogP contribution is 2.20. The molecular weight excluding hydrogens is 244 g/mol. The zero-order valence-electron chi connectivity index (χ0n) is 11.1. The van der Waals surface area contributed by atoms with Crippen molar-refractivity contribution >= 4 is 5.69 Å². The second-order valence-corrected chi connectivity index (χ2v) is 4.15. The Bertz CT molecular complexity index is 468. The first-order valence-electron chi connectivity index (χ1n) is 6.16. The zero-order chi connectivity index (χ0) is 13.5. The molecule has 0 amide bonds. The van der Waals surface area contributed by atoms with Crippen LogP contribution in [0.2, 0.25) is 0 Å². The lowest BCUT2D eigenvalue weighted by Crippen LogP contribution is -2.07. The highest BCUT2D eigenvalue weighted by molar-refractivity contribution is 5.44. The molecule has 1 unspecified atom stereocenters. The van der Waals surface area contributed by atoms with Gasteiger partial charge in [0.15, 0.2) is 0 Å². The fraction of sp³-hybridized carbons (Fsp3) is 0.357. The van der Waals surface area contributed by atoms with Gasteiger partial charge in [-0.3, -0.25) is 0 Å². The second kappa shape index (κ2) is 6.80. The monoisotopic (exact) mass is 262 g/mol. The van der Waals surface area contributed by atoms with Gasteiger partial charge in [0.1, 0.15) is 6.61 Å². The van der Waals surface area contributed by atoms with E-state index in [4.69, 9.17) is 13.9 Å². The fourth-order valence-corrected chi connectivity index (χ4v) is 1.64. The minimum Gasteiger partial charge on any atom is -0.475 e. The van der Waals surface area contributed by atoms with E-state index in [9.17, 15) is 0 Å². The van der Waals surface area contributed by atoms with Crippen LogP contribution in [0.15, 0.2) is 41.3 Å². The number of rotatable bonds is 7. The van der Waals surface area contributed by atoms with Crippen molar-refractivity contribution in [2.24, 2.45) is 0 Å². The number of pyridine rings is 1. The summed E-state index contributed by atoms with van der Waals surface area (Å²) in [4.78, 5) is 4.22. The Morgan fingerprint density at radius 1 is 1.32 bits per heavy atom. The van der Waals surface area contributed by atoms with E-state index < -0.39 is 0 Å². The van der Waals surface area contributed by atoms with Crippen molar-refractivity contribution in [2.45, 2.75) is 13.0 Å². The van der Waals surface area contributed by atoms with E-state index in [-0.39, 0.29) is 6.04 Å². The van der Waals surface area contributed by atoms with Crippen molar-refractivity contribution in [3.05, 3.63) is 42.5 Å². The van der Waals surface area contributed by atoms with Crippen LogP contribution in [-0.4, -0.2) is 25.3 Å². The molecule has 0 bridgehead atoms. The van der Waals surface area contributed by atoms with E-state index in [1.165, 1.54) is 0 Å². The molecule has 0 radical (unpaired) electrons. The van der Waals surface area contributed by atoms with Gasteiger partial charge < -0.3 is 19.2 Å². The van der Waals surface area contributed by atoms with Crippen LogP contribution in [0.5, 0.6) is 5.88 Å². The molecule has 2 heterocycles. The van der Waals surface area contributed by atoms with Crippen molar-refractivity contribution in [3.8, 4) is 5.88 Å². The summed E-state index contributed by atoms with van der Waals surface area (Å²) in [5.41, 5.74) is 2.04. The number of hydrogen-bond acceptors (Lipinski definition) is 5. The Hall–Kier alpha value is -2.01. The molecule has 2 rings (SSSR count). The summed E-state index contributed by atoms with van der Waals surface area (Å²) in [5, 5.41) is 3.34. The van der Waals surface area contributed by atoms with Crippen LogP contribution < -0.4 is 10.1 Å². The van der Waals surface area contributed by atoms with Crippen LogP contribution in [0.4, 0.5) is 5.69 Å². The van der Waals surface area contributed by atoms with Crippen molar-refractivity contribution in [2.75, 3.05) is 25.6 Å². The van der Waals surface area contributed by atoms with Gasteiger partial charge in [0, 0.05) is 18.7 Å². The number of anilines is 1. The van der Waals surface area contributed by atoms with Gasteiger partial charge in [-0.1, -0.05) is 0 Å². The van der Waals surface area contributed by atoms with E-state index in [0.29, 0.717) is 19.1 Å². The summed E-state index contributed by atoms with van der Waals surface area (Å²) in [6.07, 6.45) is 5.14. The summed E-state index contributed by atoms with van der Waals surface area (Å²) in [6.45, 7) is 3.12. The maximum absolute atomic E-state index is 5.40. The molecular formula is C14H18N2O3. The van der Waals surface area contributed by atoms with E-state index in [1.807, 2.05) is 18.2 Å². The molecule has 1 atom stereocenters. The van der Waals surface area contributed by atoms with E-state index in [2.05, 4.69) is 17.2 Å². The molecule has 19 heavy (non-hydrogen) atoms. The van der Waals surface area contributed by atoms with Gasteiger partial charge in [0.25, 0.3) is 0 Å². The predicted octanol–water partition coefficient (Wildman–Crippen LogP) is 2.87. The van der Waals surface area contributed by atoms with Gasteiger partial charge in [-0.15, -0.1) is 0 Å². The quantitative estimate of drug-likeness (QED) is 0.777. The van der Waals surface area contributed by atoms with E-state index in [0.717, 1.165) is 11.3 Å². The molecule has 0 aliphatic rings. The van der Waals surface area contributed by atoms with Crippen LogP contribution in [-0.2, 0) is 4.74 Å². The molecule has 5 nitrogen and oxygen atoms in total. The van der Waals surface area contributed by atoms with Gasteiger partial charge in [0.05, 0.1) is 37.1 Å². The molecule has 2 aromatic rings. The molecule has 0 fully saturated rings. The first-order valence-corrected chi connectivity index (χ1v) is 6.16. The largest absolute Gasteiger partial charge is 0.475 e. The van der Waals surface area contributed by atoms with Gasteiger partial charge >= 0.3 is 0 Å². The van der Waals surface area contributed by atoms with Crippen molar-refractivity contribution in [1.82, 2.24) is 4.98 Å². The van der Waals surface area contributed by atoms with Crippen LogP contribution in [0.25, 0.3) is 0 Å². The lowest BCUT2D eigenvalue weighted by Gasteiger charge is -2.13. The molecule has 102 valence electrons. The van der Waals surface area contributed by atoms with Crippen LogP contribution in [0.3, 0.4) is 0 Å². The summed E-state index contributed by atoms with van der Waals surface area (Å²) >= 11 is 0. The molecule has 0 saturated heterocycles. The highest BCUT2D eigenvalue weighted by Gasteiger charge is 2.06. The number of hydrogen-bond donors (Lipinski definition) is 1. The average Bonchev–Trinajstić information content (AvgIpc) is 2.95. The highest BCUT2D eigenvalue weighted by atomic mass is 16.5. The van der Waals surface area contributed by atoms with Crippen LogP contribution in [0, 0.1) is 0 Å². The fourth-order valence-electron chi connectivity index (χ4n) is 1.64. The lowest BCUT2D eigenvalue weighted by atomic mass is 10.2. The minimum absolute atomic E-state index is 0.167. The number of ether oxygens (including phenoxy) is 2. The Morgan fingerprint density at radius 3 is 2.84 bits per heavy atom. The van der Waals surface area contributed by atoms with Gasteiger partial charge in [-0.25, -0.2) is 4.98 Å². The summed E-state index contributed by atoms with van der Waals surface area (Å²) in [6, 6.07) is 5.87. The van der Waals surface area contributed by atoms with Crippen molar-refractivity contribution in [1.29, 1.82) is 0 Å². The Labute approximate surface area is 112 Å². The maximum atomic E-state index is 5.40. The first kappa shape index (κ1) is 13.4. The molecule has 0 aliphatic heterocycles. The van der Waals surface area contributed by atoms with Crippen LogP contribution in [0.1, 0.15) is 18.5 Å². The zero-order valence-corrected chi connectivity index (χ0v) is 11.1. The summed E-state index contributed by atoms with van der Waals surface area (Å²) in [7, 11) is 1.64. The van der Waals surface area contributed by atoms with Gasteiger partial charge in [0.2, 0.25) is 5.88 Å². The van der Waals surface area contributed by atoms with E-state index >= 15 is 0 Å². The number of nitrogens with one attached hydrogen (secondary N) is 1. The molecule has 0 aromatic carbocycles. The molecule has 0 spiro atoms. The predicted molar refractivity (Wildman–Crippen MR) is 72.4 cm³/mol. The van der Waals surface area contributed by atoms with Crippen molar-refractivity contribution in [3.63, 3.8) is 0 Å². The first-order chi connectivity index (χ1) is 9.29. The number of nitrogens with zero attached hydrogens (tertiary/aromatic N) is 1. The minimum atomic E-state index is 0.167. The van der Waals surface area contributed by atoms with Crippen LogP contribution >= 0.6 is 0 Å². The maximum Gasteiger partial charge on any atom is 0.213 e. The molecule has 2 aromatic heterocycles. The lowest BCUT2D eigenvalue weighted by molar-refractivity contribution is 0.144. The Morgan fingerprint density at radius 2 is 2.21 bits per heavy atom. The number of methoxy groups -OCH3 is 1. The molecule has 1 N–H and O–H groups in total. The summed E-state index contributed by atoms with van der Waals surface area (Å²) < 4.78 is 15.4. The Kier molecular flexibility index (Phi) is 4.80. The SMILES string of the molecule is COCCOc1ccc(NC(C)c2ccoc2)cn1. The van der Waals surface area contributed by atoms with E-state index in [1.54, 1.807) is 25.8 Å². The van der Waals surface area contributed by atoms with Gasteiger partial charge in [-0.05, 0) is 19.1 Å². The summed E-state index contributed by atoms with van der Waals surface area (Å²) in [5.74, 6) is 0.596. The molecule has 5 heteroatoms. The third kappa shape index (κ3) is 3.99. The normalized spacial score (nSPS) is 12.1. The topological polar surface area (TPSA) is 56.5 Å². The third-order valence-electron chi connectivity index (χ3n) is 2.70. The Balaban J connectivity index is 1.88. The number of furan rings is 1. The second-order valence-electron chi connectivity index (χ2n) is 4.15. The van der Waals surface area contributed by atoms with Crippen molar-refractivity contribution < 1.29 is 13.9 Å². The smallest absolute Gasteiger partial charge is 0.213 e. The van der Waals surface area contributed by atoms with Gasteiger partial charge in [-0.2, -0.15) is 0 Å². The average molecular weight is 262 g/mol. The number of aromatic nitrogens is 1. The molecule has 0 aliphatic carbocycles.